The normalized spacial score (nSPS) is 20.8. The standard InChI is InChI=1S/C11H22OSi/c1-13(2,3)12-10-9-11-7-5-4-6-8-11/h9-11H,4-8H2,1-3H3/b10-9+. The van der Waals surface area contributed by atoms with Gasteiger partial charge in [0.1, 0.15) is 0 Å². The van der Waals surface area contributed by atoms with E-state index in [2.05, 4.69) is 25.7 Å². The fourth-order valence-corrected chi connectivity index (χ4v) is 2.17. The fraction of sp³-hybridized carbons (Fsp3) is 0.818. The predicted octanol–water partition coefficient (Wildman–Crippen LogP) is 3.93. The molecular formula is C11H22OSi. The number of hydrogen-bond acceptors (Lipinski definition) is 1. The molecular weight excluding hydrogens is 176 g/mol. The van der Waals surface area contributed by atoms with Crippen molar-refractivity contribution >= 4 is 8.32 Å². The van der Waals surface area contributed by atoms with Crippen molar-refractivity contribution in [3.8, 4) is 0 Å². The molecule has 0 radical (unpaired) electrons. The Labute approximate surface area is 83.3 Å². The lowest BCUT2D eigenvalue weighted by Crippen LogP contribution is -2.22. The summed E-state index contributed by atoms with van der Waals surface area (Å²) in [5.41, 5.74) is 0. The van der Waals surface area contributed by atoms with E-state index < -0.39 is 8.32 Å². The van der Waals surface area contributed by atoms with Gasteiger partial charge in [-0.1, -0.05) is 19.3 Å². The van der Waals surface area contributed by atoms with Gasteiger partial charge >= 0.3 is 0 Å². The Morgan fingerprint density at radius 1 is 1.08 bits per heavy atom. The van der Waals surface area contributed by atoms with E-state index in [0.29, 0.717) is 0 Å². The van der Waals surface area contributed by atoms with E-state index in [0.717, 1.165) is 5.92 Å². The fourth-order valence-electron chi connectivity index (χ4n) is 1.68. The predicted molar refractivity (Wildman–Crippen MR) is 60.1 cm³/mol. The van der Waals surface area contributed by atoms with Gasteiger partial charge in [0.15, 0.2) is 0 Å². The highest BCUT2D eigenvalue weighted by Crippen LogP contribution is 2.24. The summed E-state index contributed by atoms with van der Waals surface area (Å²) < 4.78 is 5.69. The molecule has 0 bridgehead atoms. The Hall–Kier alpha value is -0.243. The molecule has 0 heterocycles. The van der Waals surface area contributed by atoms with Gasteiger partial charge in [-0.3, -0.25) is 0 Å². The van der Waals surface area contributed by atoms with Crippen molar-refractivity contribution in [2.45, 2.75) is 51.7 Å². The van der Waals surface area contributed by atoms with Gasteiger partial charge in [0.2, 0.25) is 8.32 Å². The minimum absolute atomic E-state index is 0.796. The van der Waals surface area contributed by atoms with Crippen LogP contribution in [0.3, 0.4) is 0 Å². The molecule has 1 saturated carbocycles. The third-order valence-electron chi connectivity index (χ3n) is 2.42. The Kier molecular flexibility index (Phi) is 4.04. The van der Waals surface area contributed by atoms with Crippen LogP contribution in [0.15, 0.2) is 12.3 Å². The third kappa shape index (κ3) is 5.14. The molecule has 1 fully saturated rings. The van der Waals surface area contributed by atoms with E-state index in [1.54, 1.807) is 0 Å². The number of allylic oxidation sites excluding steroid dienone is 1. The van der Waals surface area contributed by atoms with Crippen LogP contribution >= 0.6 is 0 Å². The molecule has 0 saturated heterocycles. The molecule has 1 aliphatic rings. The summed E-state index contributed by atoms with van der Waals surface area (Å²) in [6, 6.07) is 0. The van der Waals surface area contributed by atoms with Crippen LogP contribution in [0.2, 0.25) is 19.6 Å². The van der Waals surface area contributed by atoms with Gasteiger partial charge in [0.25, 0.3) is 0 Å². The summed E-state index contributed by atoms with van der Waals surface area (Å²) in [5, 5.41) is 0. The van der Waals surface area contributed by atoms with Crippen molar-refractivity contribution in [1.29, 1.82) is 0 Å². The summed E-state index contributed by atoms with van der Waals surface area (Å²) in [6.45, 7) is 6.66. The average molecular weight is 198 g/mol. The first-order chi connectivity index (χ1) is 6.08. The van der Waals surface area contributed by atoms with Gasteiger partial charge in [-0.2, -0.15) is 0 Å². The van der Waals surface area contributed by atoms with E-state index in [-0.39, 0.29) is 0 Å². The molecule has 0 amide bonds. The lowest BCUT2D eigenvalue weighted by molar-refractivity contribution is 0.404. The summed E-state index contributed by atoms with van der Waals surface area (Å²) in [7, 11) is -1.33. The van der Waals surface area contributed by atoms with Crippen molar-refractivity contribution in [2.24, 2.45) is 5.92 Å². The van der Waals surface area contributed by atoms with Crippen LogP contribution in [-0.2, 0) is 4.43 Å². The maximum atomic E-state index is 5.69. The van der Waals surface area contributed by atoms with Crippen LogP contribution in [0.25, 0.3) is 0 Å². The average Bonchev–Trinajstić information content (AvgIpc) is 2.04. The van der Waals surface area contributed by atoms with Crippen molar-refractivity contribution in [1.82, 2.24) is 0 Å². The van der Waals surface area contributed by atoms with Crippen LogP contribution in [0.5, 0.6) is 0 Å². The Balaban J connectivity index is 2.22. The van der Waals surface area contributed by atoms with Gasteiger partial charge in [0, 0.05) is 0 Å². The zero-order valence-electron chi connectivity index (χ0n) is 9.18. The van der Waals surface area contributed by atoms with Crippen molar-refractivity contribution in [3.63, 3.8) is 0 Å². The van der Waals surface area contributed by atoms with Gasteiger partial charge in [0.05, 0.1) is 6.26 Å². The van der Waals surface area contributed by atoms with Crippen LogP contribution in [-0.4, -0.2) is 8.32 Å². The first-order valence-electron chi connectivity index (χ1n) is 5.42. The van der Waals surface area contributed by atoms with Crippen LogP contribution < -0.4 is 0 Å². The molecule has 0 aromatic rings. The summed E-state index contributed by atoms with van der Waals surface area (Å²) >= 11 is 0. The smallest absolute Gasteiger partial charge is 0.241 e. The SMILES string of the molecule is C[Si](C)(C)O/C=C/C1CCCCC1. The van der Waals surface area contributed by atoms with Crippen molar-refractivity contribution in [2.75, 3.05) is 0 Å². The second-order valence-electron chi connectivity index (χ2n) is 4.96. The minimum Gasteiger partial charge on any atom is -0.550 e. The van der Waals surface area contributed by atoms with E-state index in [1.807, 2.05) is 6.26 Å². The summed E-state index contributed by atoms with van der Waals surface area (Å²) in [4.78, 5) is 0. The first kappa shape index (κ1) is 10.8. The molecule has 0 spiro atoms. The Morgan fingerprint density at radius 3 is 2.23 bits per heavy atom. The quantitative estimate of drug-likeness (QED) is 0.493. The van der Waals surface area contributed by atoms with Gasteiger partial charge < -0.3 is 4.43 Å². The Morgan fingerprint density at radius 2 is 1.69 bits per heavy atom. The molecule has 13 heavy (non-hydrogen) atoms. The minimum atomic E-state index is -1.33. The molecule has 1 rings (SSSR count). The molecule has 0 aromatic carbocycles. The van der Waals surface area contributed by atoms with Gasteiger partial charge in [-0.15, -0.1) is 0 Å². The highest BCUT2D eigenvalue weighted by atomic mass is 28.4. The van der Waals surface area contributed by atoms with Crippen LogP contribution in [0, 0.1) is 5.92 Å². The molecule has 2 heteroatoms. The summed E-state index contributed by atoms with van der Waals surface area (Å²) in [6.07, 6.45) is 11.2. The van der Waals surface area contributed by atoms with E-state index in [1.165, 1.54) is 32.1 Å². The molecule has 0 aliphatic heterocycles. The highest BCUT2D eigenvalue weighted by Gasteiger charge is 2.14. The van der Waals surface area contributed by atoms with E-state index in [9.17, 15) is 0 Å². The van der Waals surface area contributed by atoms with Crippen molar-refractivity contribution in [3.05, 3.63) is 12.3 Å². The second kappa shape index (κ2) is 4.84. The van der Waals surface area contributed by atoms with Gasteiger partial charge in [-0.25, -0.2) is 0 Å². The molecule has 1 aliphatic carbocycles. The molecule has 0 N–H and O–H groups in total. The molecule has 0 unspecified atom stereocenters. The maximum absolute atomic E-state index is 5.69. The lowest BCUT2D eigenvalue weighted by atomic mass is 9.89. The van der Waals surface area contributed by atoms with E-state index in [4.69, 9.17) is 4.43 Å². The number of rotatable bonds is 3. The van der Waals surface area contributed by atoms with Crippen LogP contribution in [0.4, 0.5) is 0 Å². The number of hydrogen-bond donors (Lipinski definition) is 0. The van der Waals surface area contributed by atoms with Crippen LogP contribution in [0.1, 0.15) is 32.1 Å². The summed E-state index contributed by atoms with van der Waals surface area (Å²) in [5.74, 6) is 0.796. The molecule has 1 nitrogen and oxygen atoms in total. The highest BCUT2D eigenvalue weighted by molar-refractivity contribution is 6.69. The third-order valence-corrected chi connectivity index (χ3v) is 3.27. The maximum Gasteiger partial charge on any atom is 0.241 e. The van der Waals surface area contributed by atoms with E-state index >= 15 is 0 Å². The zero-order chi connectivity index (χ0) is 9.73. The lowest BCUT2D eigenvalue weighted by Gasteiger charge is -2.19. The van der Waals surface area contributed by atoms with Crippen molar-refractivity contribution < 1.29 is 4.43 Å². The topological polar surface area (TPSA) is 9.23 Å². The molecule has 76 valence electrons. The zero-order valence-corrected chi connectivity index (χ0v) is 10.2. The monoisotopic (exact) mass is 198 g/mol. The second-order valence-corrected chi connectivity index (χ2v) is 9.42. The molecule has 0 atom stereocenters. The largest absolute Gasteiger partial charge is 0.550 e. The first-order valence-corrected chi connectivity index (χ1v) is 8.83. The molecule has 0 aromatic heterocycles. The van der Waals surface area contributed by atoms with Gasteiger partial charge in [-0.05, 0) is 44.5 Å². The Bertz CT molecular complexity index is 163.